The monoisotopic (exact) mass is 225 g/mol. The molecule has 2 saturated heterocycles. The second-order valence-electron chi connectivity index (χ2n) is 4.83. The maximum atomic E-state index is 11.8. The largest absolute Gasteiger partial charge is 0.337 e. The van der Waals surface area contributed by atoms with Crippen molar-refractivity contribution in [2.45, 2.75) is 32.1 Å². The van der Waals surface area contributed by atoms with Crippen molar-refractivity contribution in [1.29, 1.82) is 0 Å². The molecule has 0 atom stereocenters. The minimum atomic E-state index is 0.138. The number of nitrogens with one attached hydrogen (secondary N) is 1. The fourth-order valence-electron chi connectivity index (χ4n) is 2.54. The number of hydrogen-bond acceptors (Lipinski definition) is 2. The summed E-state index contributed by atoms with van der Waals surface area (Å²) in [7, 11) is 0. The van der Waals surface area contributed by atoms with E-state index in [0.29, 0.717) is 0 Å². The van der Waals surface area contributed by atoms with E-state index in [-0.39, 0.29) is 6.03 Å². The van der Waals surface area contributed by atoms with E-state index in [4.69, 9.17) is 0 Å². The van der Waals surface area contributed by atoms with Crippen molar-refractivity contribution < 1.29 is 4.79 Å². The molecule has 0 radical (unpaired) electrons. The van der Waals surface area contributed by atoms with E-state index in [1.165, 1.54) is 45.2 Å². The molecule has 2 aliphatic rings. The van der Waals surface area contributed by atoms with Crippen LogP contribution in [-0.4, -0.2) is 55.1 Å². The molecular formula is C12H23N3O. The Morgan fingerprint density at radius 1 is 0.938 bits per heavy atom. The molecule has 0 unspecified atom stereocenters. The Balaban J connectivity index is 1.59. The van der Waals surface area contributed by atoms with Crippen LogP contribution in [0.15, 0.2) is 0 Å². The molecule has 0 saturated carbocycles. The summed E-state index contributed by atoms with van der Waals surface area (Å²) in [6, 6.07) is 0.138. The minimum absolute atomic E-state index is 0.138. The van der Waals surface area contributed by atoms with Crippen molar-refractivity contribution in [2.75, 3.05) is 39.3 Å². The standard InChI is InChI=1S/C12H23N3O/c16-12(15-9-2-1-3-10-15)13-6-11-14-7-4-5-8-14/h1-11H2,(H,13,16). The molecule has 2 amide bonds. The van der Waals surface area contributed by atoms with E-state index in [0.717, 1.165) is 26.2 Å². The van der Waals surface area contributed by atoms with Gasteiger partial charge in [0.25, 0.3) is 0 Å². The number of nitrogens with zero attached hydrogens (tertiary/aromatic N) is 2. The van der Waals surface area contributed by atoms with Crippen molar-refractivity contribution in [1.82, 2.24) is 15.1 Å². The molecule has 0 aromatic rings. The Labute approximate surface area is 98.0 Å². The zero-order valence-corrected chi connectivity index (χ0v) is 10.1. The van der Waals surface area contributed by atoms with E-state index in [1.54, 1.807) is 0 Å². The summed E-state index contributed by atoms with van der Waals surface area (Å²) in [6.45, 7) is 6.11. The van der Waals surface area contributed by atoms with Crippen LogP contribution in [0.5, 0.6) is 0 Å². The van der Waals surface area contributed by atoms with Gasteiger partial charge in [-0.05, 0) is 45.2 Å². The third kappa shape index (κ3) is 3.37. The van der Waals surface area contributed by atoms with Crippen molar-refractivity contribution >= 4 is 6.03 Å². The Kier molecular flexibility index (Phi) is 4.45. The summed E-state index contributed by atoms with van der Waals surface area (Å²) < 4.78 is 0. The fourth-order valence-corrected chi connectivity index (χ4v) is 2.54. The molecule has 0 aromatic carbocycles. The summed E-state index contributed by atoms with van der Waals surface area (Å²) in [5.74, 6) is 0. The molecular weight excluding hydrogens is 202 g/mol. The highest BCUT2D eigenvalue weighted by Crippen LogP contribution is 2.08. The average molecular weight is 225 g/mol. The Morgan fingerprint density at radius 3 is 2.25 bits per heavy atom. The molecule has 0 spiro atoms. The number of carbonyl (C=O) groups is 1. The van der Waals surface area contributed by atoms with Crippen LogP contribution in [0.2, 0.25) is 0 Å². The lowest BCUT2D eigenvalue weighted by Gasteiger charge is -2.27. The number of hydrogen-bond donors (Lipinski definition) is 1. The van der Waals surface area contributed by atoms with Gasteiger partial charge in [-0.3, -0.25) is 0 Å². The van der Waals surface area contributed by atoms with Gasteiger partial charge in [-0.15, -0.1) is 0 Å². The number of urea groups is 1. The summed E-state index contributed by atoms with van der Waals surface area (Å²) in [5.41, 5.74) is 0. The predicted octanol–water partition coefficient (Wildman–Crippen LogP) is 1.28. The van der Waals surface area contributed by atoms with E-state index < -0.39 is 0 Å². The first-order valence-corrected chi connectivity index (χ1v) is 6.61. The molecule has 1 N–H and O–H groups in total. The zero-order valence-electron chi connectivity index (χ0n) is 10.1. The average Bonchev–Trinajstić information content (AvgIpc) is 2.83. The third-order valence-corrected chi connectivity index (χ3v) is 3.55. The molecule has 2 heterocycles. The maximum Gasteiger partial charge on any atom is 0.317 e. The van der Waals surface area contributed by atoms with E-state index in [9.17, 15) is 4.79 Å². The number of carbonyl (C=O) groups excluding carboxylic acids is 1. The predicted molar refractivity (Wildman–Crippen MR) is 64.5 cm³/mol. The maximum absolute atomic E-state index is 11.8. The zero-order chi connectivity index (χ0) is 11.2. The van der Waals surface area contributed by atoms with Gasteiger partial charge in [-0.2, -0.15) is 0 Å². The SMILES string of the molecule is O=C(NCCN1CCCC1)N1CCCCC1. The Hall–Kier alpha value is -0.770. The van der Waals surface area contributed by atoms with Gasteiger partial charge >= 0.3 is 6.03 Å². The lowest BCUT2D eigenvalue weighted by Crippen LogP contribution is -2.44. The molecule has 2 fully saturated rings. The van der Waals surface area contributed by atoms with E-state index in [1.807, 2.05) is 4.90 Å². The van der Waals surface area contributed by atoms with Crippen LogP contribution in [-0.2, 0) is 0 Å². The molecule has 16 heavy (non-hydrogen) atoms. The van der Waals surface area contributed by atoms with Crippen LogP contribution in [0.3, 0.4) is 0 Å². The molecule has 92 valence electrons. The van der Waals surface area contributed by atoms with Gasteiger partial charge in [0, 0.05) is 26.2 Å². The van der Waals surface area contributed by atoms with Gasteiger partial charge in [-0.25, -0.2) is 4.79 Å². The van der Waals surface area contributed by atoms with E-state index in [2.05, 4.69) is 10.2 Å². The van der Waals surface area contributed by atoms with Crippen molar-refractivity contribution in [3.05, 3.63) is 0 Å². The van der Waals surface area contributed by atoms with Gasteiger partial charge in [-0.1, -0.05) is 0 Å². The van der Waals surface area contributed by atoms with Gasteiger partial charge < -0.3 is 15.1 Å². The first kappa shape index (κ1) is 11.7. The van der Waals surface area contributed by atoms with Gasteiger partial charge in [0.15, 0.2) is 0 Å². The van der Waals surface area contributed by atoms with Crippen molar-refractivity contribution in [2.24, 2.45) is 0 Å². The topological polar surface area (TPSA) is 35.6 Å². The van der Waals surface area contributed by atoms with Gasteiger partial charge in [0.2, 0.25) is 0 Å². The molecule has 4 nitrogen and oxygen atoms in total. The first-order chi connectivity index (χ1) is 7.86. The smallest absolute Gasteiger partial charge is 0.317 e. The summed E-state index contributed by atoms with van der Waals surface area (Å²) in [5, 5.41) is 3.02. The third-order valence-electron chi connectivity index (χ3n) is 3.55. The summed E-state index contributed by atoms with van der Waals surface area (Å²) in [6.07, 6.45) is 6.25. The first-order valence-electron chi connectivity index (χ1n) is 6.61. The van der Waals surface area contributed by atoms with Crippen molar-refractivity contribution in [3.8, 4) is 0 Å². The number of likely N-dealkylation sites (tertiary alicyclic amines) is 2. The molecule has 0 aromatic heterocycles. The molecule has 2 aliphatic heterocycles. The fraction of sp³-hybridized carbons (Fsp3) is 0.917. The van der Waals surface area contributed by atoms with Crippen LogP contribution in [0.25, 0.3) is 0 Å². The Bertz CT molecular complexity index is 220. The second kappa shape index (κ2) is 6.09. The number of piperidine rings is 1. The highest BCUT2D eigenvalue weighted by molar-refractivity contribution is 5.74. The normalized spacial score (nSPS) is 22.4. The minimum Gasteiger partial charge on any atom is -0.337 e. The molecule has 0 aliphatic carbocycles. The van der Waals surface area contributed by atoms with Crippen LogP contribution < -0.4 is 5.32 Å². The highest BCUT2D eigenvalue weighted by atomic mass is 16.2. The molecule has 0 bridgehead atoms. The van der Waals surface area contributed by atoms with Gasteiger partial charge in [0.1, 0.15) is 0 Å². The van der Waals surface area contributed by atoms with E-state index >= 15 is 0 Å². The van der Waals surface area contributed by atoms with Crippen LogP contribution in [0.1, 0.15) is 32.1 Å². The number of amides is 2. The van der Waals surface area contributed by atoms with Crippen LogP contribution in [0, 0.1) is 0 Å². The quantitative estimate of drug-likeness (QED) is 0.785. The molecule has 2 rings (SSSR count). The van der Waals surface area contributed by atoms with Crippen LogP contribution >= 0.6 is 0 Å². The lowest BCUT2D eigenvalue weighted by molar-refractivity contribution is 0.185. The lowest BCUT2D eigenvalue weighted by atomic mass is 10.1. The van der Waals surface area contributed by atoms with Gasteiger partial charge in [0.05, 0.1) is 0 Å². The summed E-state index contributed by atoms with van der Waals surface area (Å²) >= 11 is 0. The highest BCUT2D eigenvalue weighted by Gasteiger charge is 2.16. The van der Waals surface area contributed by atoms with Crippen molar-refractivity contribution in [3.63, 3.8) is 0 Å². The Morgan fingerprint density at radius 2 is 1.56 bits per heavy atom. The number of rotatable bonds is 3. The second-order valence-corrected chi connectivity index (χ2v) is 4.83. The summed E-state index contributed by atoms with van der Waals surface area (Å²) in [4.78, 5) is 16.1. The van der Waals surface area contributed by atoms with Crippen LogP contribution in [0.4, 0.5) is 4.79 Å². The molecule has 4 heteroatoms.